The molecule has 0 atom stereocenters. The van der Waals surface area contributed by atoms with Crippen LogP contribution in [0.5, 0.6) is 0 Å². The monoisotopic (exact) mass is 293 g/mol. The highest BCUT2D eigenvalue weighted by Crippen LogP contribution is 2.25. The number of nitro groups is 1. The van der Waals surface area contributed by atoms with Crippen LogP contribution < -0.4 is 5.73 Å². The largest absolute Gasteiger partial charge is 0.369 e. The molecule has 1 aromatic heterocycles. The second kappa shape index (κ2) is 5.70. The third-order valence-corrected chi connectivity index (χ3v) is 3.54. The maximum Gasteiger partial charge on any atom is 0.270 e. The highest BCUT2D eigenvalue weighted by Gasteiger charge is 2.14. The van der Waals surface area contributed by atoms with E-state index in [2.05, 4.69) is 10.2 Å². The lowest BCUT2D eigenvalue weighted by Crippen LogP contribution is -2.13. The van der Waals surface area contributed by atoms with Crippen LogP contribution in [-0.4, -0.2) is 31.3 Å². The summed E-state index contributed by atoms with van der Waals surface area (Å²) in [5, 5.41) is 19.2. The summed E-state index contributed by atoms with van der Waals surface area (Å²) in [6, 6.07) is 6.12. The molecule has 1 heterocycles. The number of primary amides is 1. The van der Waals surface area contributed by atoms with Gasteiger partial charge in [0.25, 0.3) is 5.69 Å². The number of nitrogens with zero attached hydrogens (tertiary/aromatic N) is 4. The van der Waals surface area contributed by atoms with E-state index in [1.807, 2.05) is 0 Å². The van der Waals surface area contributed by atoms with Crippen LogP contribution in [0, 0.1) is 10.1 Å². The van der Waals surface area contributed by atoms with Crippen molar-refractivity contribution in [1.82, 2.24) is 14.8 Å². The van der Waals surface area contributed by atoms with Crippen molar-refractivity contribution in [2.24, 2.45) is 12.8 Å². The first kappa shape index (κ1) is 14.0. The summed E-state index contributed by atoms with van der Waals surface area (Å²) in [7, 11) is 1.72. The van der Waals surface area contributed by atoms with Gasteiger partial charge in [0.05, 0.1) is 10.7 Å². The third kappa shape index (κ3) is 2.94. The molecule has 2 N–H and O–H groups in total. The number of nitrogens with two attached hydrogens (primary N) is 1. The summed E-state index contributed by atoms with van der Waals surface area (Å²) < 4.78 is 1.66. The number of hydrogen-bond donors (Lipinski definition) is 1. The van der Waals surface area contributed by atoms with E-state index in [0.29, 0.717) is 16.5 Å². The lowest BCUT2D eigenvalue weighted by atomic mass is 10.2. The molecule has 1 amide bonds. The van der Waals surface area contributed by atoms with Crippen molar-refractivity contribution in [1.29, 1.82) is 0 Å². The van der Waals surface area contributed by atoms with Gasteiger partial charge in [-0.25, -0.2) is 0 Å². The van der Waals surface area contributed by atoms with Gasteiger partial charge in [-0.3, -0.25) is 14.9 Å². The Bertz CT molecular complexity index is 670. The van der Waals surface area contributed by atoms with Crippen LogP contribution in [0.2, 0.25) is 0 Å². The molecule has 2 rings (SSSR count). The molecule has 0 saturated carbocycles. The van der Waals surface area contributed by atoms with Gasteiger partial charge in [-0.2, -0.15) is 0 Å². The summed E-state index contributed by atoms with van der Waals surface area (Å²) in [6.07, 6.45) is 0. The number of thioether (sulfide) groups is 1. The molecule has 0 aliphatic heterocycles. The first-order valence-corrected chi connectivity index (χ1v) is 6.53. The molecule has 0 radical (unpaired) electrons. The second-order valence-electron chi connectivity index (χ2n) is 3.93. The van der Waals surface area contributed by atoms with E-state index >= 15 is 0 Å². The molecule has 1 aromatic carbocycles. The predicted octanol–water partition coefficient (Wildman–Crippen LogP) is 0.968. The van der Waals surface area contributed by atoms with Gasteiger partial charge in [0.2, 0.25) is 5.91 Å². The van der Waals surface area contributed by atoms with Crippen molar-refractivity contribution >= 4 is 23.4 Å². The van der Waals surface area contributed by atoms with E-state index in [1.54, 1.807) is 23.7 Å². The summed E-state index contributed by atoms with van der Waals surface area (Å²) in [5.74, 6) is 0.136. The fourth-order valence-electron chi connectivity index (χ4n) is 1.59. The normalized spacial score (nSPS) is 10.4. The average molecular weight is 293 g/mol. The van der Waals surface area contributed by atoms with Gasteiger partial charge in [-0.15, -0.1) is 10.2 Å². The first-order chi connectivity index (χ1) is 9.49. The Morgan fingerprint density at radius 2 is 2.25 bits per heavy atom. The number of aromatic nitrogens is 3. The second-order valence-corrected chi connectivity index (χ2v) is 4.87. The molecule has 8 nitrogen and oxygen atoms in total. The fourth-order valence-corrected chi connectivity index (χ4v) is 2.24. The SMILES string of the molecule is Cn1c(SCC(N)=O)nnc1-c1cccc([N+](=O)[O-])c1. The molecule has 0 unspecified atom stereocenters. The third-order valence-electron chi connectivity index (χ3n) is 2.49. The van der Waals surface area contributed by atoms with Gasteiger partial charge in [-0.1, -0.05) is 23.9 Å². The predicted molar refractivity (Wildman–Crippen MR) is 73.0 cm³/mol. The van der Waals surface area contributed by atoms with Gasteiger partial charge in [0.1, 0.15) is 0 Å². The Morgan fingerprint density at radius 1 is 1.50 bits per heavy atom. The van der Waals surface area contributed by atoms with Crippen molar-refractivity contribution in [2.75, 3.05) is 5.75 Å². The van der Waals surface area contributed by atoms with E-state index < -0.39 is 10.8 Å². The van der Waals surface area contributed by atoms with Crippen LogP contribution >= 0.6 is 11.8 Å². The van der Waals surface area contributed by atoms with Crippen molar-refractivity contribution in [3.63, 3.8) is 0 Å². The lowest BCUT2D eigenvalue weighted by molar-refractivity contribution is -0.384. The highest BCUT2D eigenvalue weighted by molar-refractivity contribution is 7.99. The van der Waals surface area contributed by atoms with Crippen LogP contribution in [0.25, 0.3) is 11.4 Å². The van der Waals surface area contributed by atoms with Gasteiger partial charge < -0.3 is 10.3 Å². The van der Waals surface area contributed by atoms with E-state index in [0.717, 1.165) is 11.8 Å². The highest BCUT2D eigenvalue weighted by atomic mass is 32.2. The number of benzene rings is 1. The Labute approximate surface area is 118 Å². The van der Waals surface area contributed by atoms with E-state index in [9.17, 15) is 14.9 Å². The standard InChI is InChI=1S/C11H11N5O3S/c1-15-10(13-14-11(15)20-6-9(12)17)7-3-2-4-8(5-7)16(18)19/h2-5H,6H2,1H3,(H2,12,17). The number of carbonyl (C=O) groups excluding carboxylic acids is 1. The minimum Gasteiger partial charge on any atom is -0.369 e. The van der Waals surface area contributed by atoms with Gasteiger partial charge in [-0.05, 0) is 0 Å². The molecule has 0 aliphatic rings. The number of non-ortho nitro benzene ring substituents is 1. The number of nitro benzene ring substituents is 1. The summed E-state index contributed by atoms with van der Waals surface area (Å²) in [6.45, 7) is 0. The summed E-state index contributed by atoms with van der Waals surface area (Å²) in [4.78, 5) is 21.0. The number of hydrogen-bond acceptors (Lipinski definition) is 6. The van der Waals surface area contributed by atoms with Crippen molar-refractivity contribution in [3.05, 3.63) is 34.4 Å². The topological polar surface area (TPSA) is 117 Å². The molecule has 9 heteroatoms. The van der Waals surface area contributed by atoms with Gasteiger partial charge >= 0.3 is 0 Å². The molecule has 20 heavy (non-hydrogen) atoms. The van der Waals surface area contributed by atoms with Gasteiger partial charge in [0, 0.05) is 24.7 Å². The van der Waals surface area contributed by atoms with E-state index in [1.165, 1.54) is 12.1 Å². The summed E-state index contributed by atoms with van der Waals surface area (Å²) >= 11 is 1.16. The van der Waals surface area contributed by atoms with Crippen molar-refractivity contribution in [2.45, 2.75) is 5.16 Å². The smallest absolute Gasteiger partial charge is 0.270 e. The Kier molecular flexibility index (Phi) is 3.99. The molecule has 0 fully saturated rings. The molecule has 2 aromatic rings. The lowest BCUT2D eigenvalue weighted by Gasteiger charge is -2.03. The van der Waals surface area contributed by atoms with Crippen LogP contribution in [0.3, 0.4) is 0 Å². The Morgan fingerprint density at radius 3 is 2.90 bits per heavy atom. The number of rotatable bonds is 5. The van der Waals surface area contributed by atoms with E-state index in [4.69, 9.17) is 5.73 Å². The maximum absolute atomic E-state index is 10.8. The fraction of sp³-hybridized carbons (Fsp3) is 0.182. The Hall–Kier alpha value is -2.42. The zero-order valence-electron chi connectivity index (χ0n) is 10.5. The molecule has 0 spiro atoms. The van der Waals surface area contributed by atoms with Crippen molar-refractivity contribution < 1.29 is 9.72 Å². The van der Waals surface area contributed by atoms with Crippen LogP contribution in [0.15, 0.2) is 29.4 Å². The average Bonchev–Trinajstić information content (AvgIpc) is 2.78. The molecule has 0 aliphatic carbocycles. The summed E-state index contributed by atoms with van der Waals surface area (Å²) in [5.41, 5.74) is 5.64. The molecule has 0 bridgehead atoms. The van der Waals surface area contributed by atoms with E-state index in [-0.39, 0.29) is 11.4 Å². The van der Waals surface area contributed by atoms with Crippen LogP contribution in [0.1, 0.15) is 0 Å². The Balaban J connectivity index is 2.31. The molecule has 0 saturated heterocycles. The minimum absolute atomic E-state index is 0.0168. The zero-order chi connectivity index (χ0) is 14.7. The number of amides is 1. The maximum atomic E-state index is 10.8. The van der Waals surface area contributed by atoms with Crippen LogP contribution in [-0.2, 0) is 11.8 Å². The quantitative estimate of drug-likeness (QED) is 0.498. The van der Waals surface area contributed by atoms with Crippen LogP contribution in [0.4, 0.5) is 5.69 Å². The van der Waals surface area contributed by atoms with Crippen molar-refractivity contribution in [3.8, 4) is 11.4 Å². The zero-order valence-corrected chi connectivity index (χ0v) is 11.3. The molecule has 104 valence electrons. The van der Waals surface area contributed by atoms with Gasteiger partial charge in [0.15, 0.2) is 11.0 Å². The number of carbonyl (C=O) groups is 1. The minimum atomic E-state index is -0.470. The first-order valence-electron chi connectivity index (χ1n) is 5.54. The molecular weight excluding hydrogens is 282 g/mol. The molecular formula is C11H11N5O3S.